The predicted octanol–water partition coefficient (Wildman–Crippen LogP) is 6.92. The third kappa shape index (κ3) is 6.50. The van der Waals surface area contributed by atoms with Gasteiger partial charge in [0.25, 0.3) is 5.91 Å². The van der Waals surface area contributed by atoms with Crippen LogP contribution < -0.4 is 21.7 Å². The fourth-order valence-corrected chi connectivity index (χ4v) is 3.81. The number of anilines is 6. The van der Waals surface area contributed by atoms with Crippen molar-refractivity contribution in [1.82, 2.24) is 15.0 Å². The molecule has 0 atom stereocenters. The van der Waals surface area contributed by atoms with Crippen LogP contribution in [0.15, 0.2) is 72.9 Å². The minimum absolute atomic E-state index is 0. The van der Waals surface area contributed by atoms with Gasteiger partial charge in [0.15, 0.2) is 17.5 Å². The minimum atomic E-state index is -1.57. The highest BCUT2D eigenvalue weighted by molar-refractivity contribution is 6.04. The Morgan fingerprint density at radius 1 is 0.800 bits per heavy atom. The first-order valence-corrected chi connectivity index (χ1v) is 11.4. The van der Waals surface area contributed by atoms with Crippen LogP contribution in [-0.2, 0) is 0 Å². The Kier molecular flexibility index (Phi) is 9.35. The lowest BCUT2D eigenvalue weighted by Gasteiger charge is -2.12. The van der Waals surface area contributed by atoms with E-state index in [0.29, 0.717) is 28.4 Å². The van der Waals surface area contributed by atoms with Crippen LogP contribution in [-0.4, -0.2) is 20.9 Å². The lowest BCUT2D eigenvalue weighted by atomic mass is 10.1. The number of hydrogen-bond acceptors (Lipinski definition) is 7. The predicted molar refractivity (Wildman–Crippen MR) is 155 cm³/mol. The molecule has 0 fully saturated rings. The van der Waals surface area contributed by atoms with Gasteiger partial charge in [0.1, 0.15) is 11.3 Å². The van der Waals surface area contributed by atoms with E-state index in [4.69, 9.17) is 5.73 Å². The number of nitrogen functional groups attached to an aromatic ring is 1. The topological polar surface area (TPSA) is 118 Å². The zero-order valence-corrected chi connectivity index (χ0v) is 22.3. The molecular weight excluding hydrogens is 566 g/mol. The Hall–Kier alpha value is -4.61. The van der Waals surface area contributed by atoms with Gasteiger partial charge in [-0.2, -0.15) is 4.98 Å². The molecule has 1 amide bonds. The number of aryl methyl sites for hydroxylation is 1. The second-order valence-corrected chi connectivity index (χ2v) is 8.35. The van der Waals surface area contributed by atoms with Gasteiger partial charge in [-0.25, -0.2) is 18.2 Å². The molecule has 0 saturated heterocycles. The van der Waals surface area contributed by atoms with E-state index in [1.54, 1.807) is 54.6 Å². The first kappa shape index (κ1) is 29.9. The maximum Gasteiger partial charge on any atom is 0.255 e. The van der Waals surface area contributed by atoms with E-state index < -0.39 is 17.5 Å². The van der Waals surface area contributed by atoms with E-state index in [9.17, 15) is 18.0 Å². The number of carbonyl (C=O) groups excluding carboxylic acids is 1. The van der Waals surface area contributed by atoms with Crippen molar-refractivity contribution < 1.29 is 18.0 Å². The molecule has 0 radical (unpaired) electrons. The molecule has 5 rings (SSSR count). The summed E-state index contributed by atoms with van der Waals surface area (Å²) in [5, 5.41) is 9.05. The van der Waals surface area contributed by atoms with E-state index in [2.05, 4.69) is 30.9 Å². The number of hydrogen-bond donors (Lipinski definition) is 4. The normalized spacial score (nSPS) is 10.3. The average Bonchev–Trinajstić information content (AvgIpc) is 2.89. The molecule has 2 aromatic heterocycles. The summed E-state index contributed by atoms with van der Waals surface area (Å²) in [7, 11) is 0. The highest BCUT2D eigenvalue weighted by Crippen LogP contribution is 2.29. The summed E-state index contributed by atoms with van der Waals surface area (Å²) in [5.41, 5.74) is 8.73. The number of rotatable bonds is 6. The lowest BCUT2D eigenvalue weighted by molar-refractivity contribution is 0.102. The highest BCUT2D eigenvalue weighted by Gasteiger charge is 2.17. The highest BCUT2D eigenvalue weighted by atomic mass is 35.5. The van der Waals surface area contributed by atoms with E-state index in [1.807, 2.05) is 6.92 Å². The maximum absolute atomic E-state index is 14.1. The van der Waals surface area contributed by atoms with Crippen molar-refractivity contribution in [2.24, 2.45) is 0 Å². The smallest absolute Gasteiger partial charge is 0.255 e. The molecule has 0 aliphatic rings. The Morgan fingerprint density at radius 2 is 1.43 bits per heavy atom. The van der Waals surface area contributed by atoms with Gasteiger partial charge in [-0.05, 0) is 67.6 Å². The molecule has 0 unspecified atom stereocenters. The molecule has 5 N–H and O–H groups in total. The van der Waals surface area contributed by atoms with E-state index in [0.717, 1.165) is 17.4 Å². The number of amides is 1. The Balaban J connectivity index is 0.00000220. The molecule has 13 heteroatoms. The molecule has 0 saturated carbocycles. The van der Waals surface area contributed by atoms with Gasteiger partial charge in [-0.3, -0.25) is 9.78 Å². The molecule has 40 heavy (non-hydrogen) atoms. The monoisotopic (exact) mass is 587 g/mol. The largest absolute Gasteiger partial charge is 0.368 e. The number of carbonyl (C=O) groups is 1. The molecule has 8 nitrogen and oxygen atoms in total. The number of nitrogens with two attached hydrogens (primary N) is 1. The van der Waals surface area contributed by atoms with Crippen LogP contribution in [0, 0.1) is 24.4 Å². The molecule has 0 spiro atoms. The molecule has 206 valence electrons. The van der Waals surface area contributed by atoms with Crippen LogP contribution in [0.25, 0.3) is 10.9 Å². The van der Waals surface area contributed by atoms with Crippen LogP contribution in [0.3, 0.4) is 0 Å². The van der Waals surface area contributed by atoms with Crippen molar-refractivity contribution in [3.05, 3.63) is 102 Å². The first-order valence-electron chi connectivity index (χ1n) is 11.4. The summed E-state index contributed by atoms with van der Waals surface area (Å²) in [6.45, 7) is 1.82. The third-order valence-corrected chi connectivity index (χ3v) is 5.58. The first-order chi connectivity index (χ1) is 18.3. The van der Waals surface area contributed by atoms with Crippen LogP contribution in [0.1, 0.15) is 16.1 Å². The number of nitrogens with one attached hydrogen (secondary N) is 3. The average molecular weight is 588 g/mol. The van der Waals surface area contributed by atoms with Crippen molar-refractivity contribution in [2.45, 2.75) is 6.92 Å². The number of halogens is 5. The van der Waals surface area contributed by atoms with Gasteiger partial charge in [0, 0.05) is 51.7 Å². The van der Waals surface area contributed by atoms with Gasteiger partial charge in [-0.1, -0.05) is 0 Å². The van der Waals surface area contributed by atoms with E-state index >= 15 is 0 Å². The van der Waals surface area contributed by atoms with Gasteiger partial charge >= 0.3 is 0 Å². The molecule has 0 aliphatic carbocycles. The number of aromatic nitrogens is 3. The summed E-state index contributed by atoms with van der Waals surface area (Å²) in [6.07, 6.45) is 1.29. The standard InChI is InChI=1S/C27H20F3N7O.2ClH/c1-14-12-22(37-27(31)33-14)35-17-6-8-18(9-7-17)36-26(38)15-2-4-16(5-3-15)34-21-10-11-32-25-19(21)13-20(28)23(29)24(25)30;;/h2-13H,1H3,(H,32,34)(H,36,38)(H3,31,33,35,37);2*1H. The fourth-order valence-electron chi connectivity index (χ4n) is 3.81. The summed E-state index contributed by atoms with van der Waals surface area (Å²) < 4.78 is 41.4. The van der Waals surface area contributed by atoms with Crippen LogP contribution in [0.2, 0.25) is 0 Å². The summed E-state index contributed by atoms with van der Waals surface area (Å²) in [5.74, 6) is -3.84. The minimum Gasteiger partial charge on any atom is -0.368 e. The van der Waals surface area contributed by atoms with Crippen LogP contribution >= 0.6 is 24.8 Å². The van der Waals surface area contributed by atoms with Gasteiger partial charge < -0.3 is 21.7 Å². The maximum atomic E-state index is 14.1. The summed E-state index contributed by atoms with van der Waals surface area (Å²) in [4.78, 5) is 24.7. The van der Waals surface area contributed by atoms with Gasteiger partial charge in [0.2, 0.25) is 5.95 Å². The van der Waals surface area contributed by atoms with Crippen molar-refractivity contribution in [1.29, 1.82) is 0 Å². The fraction of sp³-hybridized carbons (Fsp3) is 0.0370. The van der Waals surface area contributed by atoms with Crippen LogP contribution in [0.4, 0.5) is 47.7 Å². The zero-order chi connectivity index (χ0) is 26.8. The van der Waals surface area contributed by atoms with Gasteiger partial charge in [0.05, 0.1) is 0 Å². The van der Waals surface area contributed by atoms with E-state index in [1.165, 1.54) is 12.3 Å². The summed E-state index contributed by atoms with van der Waals surface area (Å²) >= 11 is 0. The second-order valence-electron chi connectivity index (χ2n) is 8.35. The number of nitrogens with zero attached hydrogens (tertiary/aromatic N) is 3. The summed E-state index contributed by atoms with van der Waals surface area (Å²) in [6, 6.07) is 17.7. The molecule has 0 bridgehead atoms. The second kappa shape index (κ2) is 12.5. The molecule has 0 aliphatic heterocycles. The van der Waals surface area contributed by atoms with Crippen molar-refractivity contribution in [3.8, 4) is 0 Å². The Labute approximate surface area is 239 Å². The third-order valence-electron chi connectivity index (χ3n) is 5.58. The van der Waals surface area contributed by atoms with Crippen LogP contribution in [0.5, 0.6) is 0 Å². The molecule has 2 heterocycles. The van der Waals surface area contributed by atoms with Crippen molar-refractivity contribution in [2.75, 3.05) is 21.7 Å². The SMILES string of the molecule is Cc1cc(Nc2ccc(NC(=O)c3ccc(Nc4ccnc5c(F)c(F)c(F)cc45)cc3)cc2)nc(N)n1.Cl.Cl. The van der Waals surface area contributed by atoms with Crippen molar-refractivity contribution in [3.63, 3.8) is 0 Å². The lowest BCUT2D eigenvalue weighted by Crippen LogP contribution is -2.11. The van der Waals surface area contributed by atoms with Crippen molar-refractivity contribution >= 4 is 76.1 Å². The number of pyridine rings is 1. The van der Waals surface area contributed by atoms with Gasteiger partial charge in [-0.15, -0.1) is 24.8 Å². The quantitative estimate of drug-likeness (QED) is 0.159. The molecular formula is C27H22Cl2F3N7O. The molecule has 5 aromatic rings. The number of fused-ring (bicyclic) bond motifs is 1. The van der Waals surface area contributed by atoms with E-state index in [-0.39, 0.29) is 47.6 Å². The number of benzene rings is 3. The Morgan fingerprint density at radius 3 is 2.10 bits per heavy atom. The molecule has 3 aromatic carbocycles. The zero-order valence-electron chi connectivity index (χ0n) is 20.7. The Bertz CT molecular complexity index is 1650.